The van der Waals surface area contributed by atoms with E-state index in [0.29, 0.717) is 0 Å². The second-order valence-corrected chi connectivity index (χ2v) is 8.32. The van der Waals surface area contributed by atoms with Gasteiger partial charge in [-0.3, -0.25) is 0 Å². The Kier molecular flexibility index (Phi) is 8.15. The fourth-order valence-corrected chi connectivity index (χ4v) is 4.60. The van der Waals surface area contributed by atoms with Crippen LogP contribution in [0, 0.1) is 0 Å². The second kappa shape index (κ2) is 11.1. The molecular weight excluding hydrogens is 386 g/mol. The fraction of sp³-hybridized carbons (Fsp3) is 0.217. The third-order valence-corrected chi connectivity index (χ3v) is 6.32. The Morgan fingerprint density at radius 2 is 1.50 bits per heavy atom. The van der Waals surface area contributed by atoms with Crippen LogP contribution in [0.2, 0.25) is 0 Å². The first-order valence-corrected chi connectivity index (χ1v) is 11.0. The molecule has 3 nitrogen and oxygen atoms in total. The highest BCUT2D eigenvalue weighted by atomic mass is 32.2. The number of hydrogen-bond donors (Lipinski definition) is 1. The lowest BCUT2D eigenvalue weighted by Crippen LogP contribution is -2.17. The molecule has 0 aliphatic carbocycles. The molecule has 0 saturated heterocycles. The minimum absolute atomic E-state index is 0.762. The van der Waals surface area contributed by atoms with Gasteiger partial charge in [0.2, 0.25) is 0 Å². The summed E-state index contributed by atoms with van der Waals surface area (Å²) in [6.07, 6.45) is 0. The highest BCUT2D eigenvalue weighted by Gasteiger charge is 2.14. The van der Waals surface area contributed by atoms with Crippen LogP contribution >= 0.6 is 23.5 Å². The minimum atomic E-state index is 0.762. The van der Waals surface area contributed by atoms with Gasteiger partial charge in [-0.2, -0.15) is 0 Å². The van der Waals surface area contributed by atoms with Crippen molar-refractivity contribution < 1.29 is 9.47 Å². The molecule has 0 aromatic heterocycles. The summed E-state index contributed by atoms with van der Waals surface area (Å²) in [7, 11) is 3.39. The number of rotatable bonds is 10. The summed E-state index contributed by atoms with van der Waals surface area (Å²) in [5.74, 6) is 2.67. The lowest BCUT2D eigenvalue weighted by Gasteiger charge is -2.16. The van der Waals surface area contributed by atoms with Crippen molar-refractivity contribution in [2.45, 2.75) is 21.2 Å². The van der Waals surface area contributed by atoms with Crippen molar-refractivity contribution in [3.05, 3.63) is 78.4 Å². The molecule has 5 heteroatoms. The van der Waals surface area contributed by atoms with Crippen LogP contribution in [-0.4, -0.2) is 26.5 Å². The molecule has 0 radical (unpaired) electrons. The Hall–Kier alpha value is -2.08. The summed E-state index contributed by atoms with van der Waals surface area (Å²) in [6.45, 7) is 1.69. The van der Waals surface area contributed by atoms with Gasteiger partial charge in [0.05, 0.1) is 19.1 Å². The van der Waals surface area contributed by atoms with Crippen LogP contribution in [0.4, 0.5) is 0 Å². The van der Waals surface area contributed by atoms with Crippen molar-refractivity contribution in [3.8, 4) is 11.5 Å². The zero-order valence-corrected chi connectivity index (χ0v) is 17.8. The second-order valence-electron chi connectivity index (χ2n) is 6.07. The first-order chi connectivity index (χ1) is 13.8. The molecule has 0 aliphatic heterocycles. The third-order valence-electron chi connectivity index (χ3n) is 4.13. The normalized spacial score (nSPS) is 10.6. The molecule has 28 heavy (non-hydrogen) atoms. The van der Waals surface area contributed by atoms with Gasteiger partial charge in [0.15, 0.2) is 0 Å². The minimum Gasteiger partial charge on any atom is -0.497 e. The van der Waals surface area contributed by atoms with Crippen LogP contribution in [0.15, 0.2) is 87.5 Å². The standard InChI is InChI=1S/C23H25NO2S2/c1-25-19-15-18(17-24-13-14-27-20-9-5-3-6-10-20)23(22(16-19)26-2)28-21-11-7-4-8-12-21/h3-12,15-16,24H,13-14,17H2,1-2H3. The van der Waals surface area contributed by atoms with E-state index in [2.05, 4.69) is 59.9 Å². The molecule has 1 N–H and O–H groups in total. The quantitative estimate of drug-likeness (QED) is 0.340. The molecule has 0 fully saturated rings. The summed E-state index contributed by atoms with van der Waals surface area (Å²) < 4.78 is 11.1. The smallest absolute Gasteiger partial charge is 0.136 e. The maximum atomic E-state index is 5.65. The van der Waals surface area contributed by atoms with Gasteiger partial charge in [0, 0.05) is 34.7 Å². The Morgan fingerprint density at radius 1 is 0.821 bits per heavy atom. The molecule has 0 spiro atoms. The highest BCUT2D eigenvalue weighted by Crippen LogP contribution is 2.40. The van der Waals surface area contributed by atoms with E-state index in [0.717, 1.165) is 35.2 Å². The summed E-state index contributed by atoms with van der Waals surface area (Å²) in [4.78, 5) is 3.61. The van der Waals surface area contributed by atoms with Crippen LogP contribution in [-0.2, 0) is 6.54 Å². The van der Waals surface area contributed by atoms with Gasteiger partial charge in [-0.25, -0.2) is 0 Å². The average molecular weight is 412 g/mol. The van der Waals surface area contributed by atoms with Crippen LogP contribution in [0.1, 0.15) is 5.56 Å². The average Bonchev–Trinajstić information content (AvgIpc) is 2.75. The van der Waals surface area contributed by atoms with E-state index in [4.69, 9.17) is 9.47 Å². The Bertz CT molecular complexity index is 857. The van der Waals surface area contributed by atoms with E-state index < -0.39 is 0 Å². The van der Waals surface area contributed by atoms with Gasteiger partial charge in [-0.15, -0.1) is 11.8 Å². The van der Waals surface area contributed by atoms with Crippen LogP contribution < -0.4 is 14.8 Å². The van der Waals surface area contributed by atoms with Gasteiger partial charge in [-0.05, 0) is 35.9 Å². The van der Waals surface area contributed by atoms with Gasteiger partial charge in [-0.1, -0.05) is 48.2 Å². The molecule has 3 aromatic carbocycles. The molecule has 0 saturated carbocycles. The SMILES string of the molecule is COc1cc(CNCCSc2ccccc2)c(Sc2ccccc2)c(OC)c1. The molecule has 3 aromatic rings. The molecule has 0 unspecified atom stereocenters. The Labute approximate surface area is 175 Å². The lowest BCUT2D eigenvalue weighted by molar-refractivity contribution is 0.385. The van der Waals surface area contributed by atoms with Crippen LogP contribution in [0.5, 0.6) is 11.5 Å². The number of benzene rings is 3. The maximum Gasteiger partial charge on any atom is 0.136 e. The van der Waals surface area contributed by atoms with E-state index >= 15 is 0 Å². The Balaban J connectivity index is 1.67. The van der Waals surface area contributed by atoms with E-state index in [1.165, 1.54) is 15.4 Å². The number of methoxy groups -OCH3 is 2. The largest absolute Gasteiger partial charge is 0.497 e. The number of ether oxygens (including phenoxy) is 2. The number of hydrogen-bond acceptors (Lipinski definition) is 5. The third kappa shape index (κ3) is 5.96. The Morgan fingerprint density at radius 3 is 2.14 bits per heavy atom. The molecule has 146 valence electrons. The summed E-state index contributed by atoms with van der Waals surface area (Å²) >= 11 is 3.58. The van der Waals surface area contributed by atoms with Gasteiger partial charge in [0.25, 0.3) is 0 Å². The van der Waals surface area contributed by atoms with Crippen molar-refractivity contribution in [2.24, 2.45) is 0 Å². The van der Waals surface area contributed by atoms with Crippen molar-refractivity contribution in [2.75, 3.05) is 26.5 Å². The first-order valence-electron chi connectivity index (χ1n) is 9.16. The molecule has 0 aliphatic rings. The summed E-state index contributed by atoms with van der Waals surface area (Å²) in [5, 5.41) is 3.56. The summed E-state index contributed by atoms with van der Waals surface area (Å²) in [6, 6.07) is 24.9. The van der Waals surface area contributed by atoms with E-state index in [1.54, 1.807) is 26.0 Å². The summed E-state index contributed by atoms with van der Waals surface area (Å²) in [5.41, 5.74) is 1.18. The zero-order valence-electron chi connectivity index (χ0n) is 16.2. The molecule has 0 bridgehead atoms. The highest BCUT2D eigenvalue weighted by molar-refractivity contribution is 7.99. The maximum absolute atomic E-state index is 5.65. The van der Waals surface area contributed by atoms with E-state index in [-0.39, 0.29) is 0 Å². The van der Waals surface area contributed by atoms with Crippen molar-refractivity contribution >= 4 is 23.5 Å². The molecule has 0 atom stereocenters. The van der Waals surface area contributed by atoms with Crippen LogP contribution in [0.3, 0.4) is 0 Å². The molecule has 0 amide bonds. The van der Waals surface area contributed by atoms with Gasteiger partial charge in [0.1, 0.15) is 11.5 Å². The van der Waals surface area contributed by atoms with Gasteiger partial charge >= 0.3 is 0 Å². The topological polar surface area (TPSA) is 30.5 Å². The van der Waals surface area contributed by atoms with Crippen molar-refractivity contribution in [1.82, 2.24) is 5.32 Å². The van der Waals surface area contributed by atoms with E-state index in [1.807, 2.05) is 30.0 Å². The van der Waals surface area contributed by atoms with Crippen LogP contribution in [0.25, 0.3) is 0 Å². The van der Waals surface area contributed by atoms with Crippen molar-refractivity contribution in [3.63, 3.8) is 0 Å². The lowest BCUT2D eigenvalue weighted by atomic mass is 10.2. The van der Waals surface area contributed by atoms with E-state index in [9.17, 15) is 0 Å². The predicted molar refractivity (Wildman–Crippen MR) is 119 cm³/mol. The predicted octanol–water partition coefficient (Wildman–Crippen LogP) is 5.74. The molecule has 0 heterocycles. The number of nitrogens with one attached hydrogen (secondary N) is 1. The van der Waals surface area contributed by atoms with Gasteiger partial charge < -0.3 is 14.8 Å². The molecule has 3 rings (SSSR count). The zero-order chi connectivity index (χ0) is 19.6. The fourth-order valence-electron chi connectivity index (χ4n) is 2.74. The first kappa shape index (κ1) is 20.6. The monoisotopic (exact) mass is 411 g/mol. The number of thioether (sulfide) groups is 1. The van der Waals surface area contributed by atoms with Crippen molar-refractivity contribution in [1.29, 1.82) is 0 Å². The molecular formula is C23H25NO2S2.